The number of hydrogen-bond acceptors (Lipinski definition) is 7. The first kappa shape index (κ1) is 17.2. The first-order valence-electron chi connectivity index (χ1n) is 4.96. The summed E-state index contributed by atoms with van der Waals surface area (Å²) >= 11 is 0. The third kappa shape index (κ3) is 4.76. The lowest BCUT2D eigenvalue weighted by molar-refractivity contribution is -0.162. The summed E-state index contributed by atoms with van der Waals surface area (Å²) in [5, 5.41) is 46.3. The van der Waals surface area contributed by atoms with E-state index in [2.05, 4.69) is 9.98 Å². The van der Waals surface area contributed by atoms with E-state index < -0.39 is 42.6 Å². The fourth-order valence-corrected chi connectivity index (χ4v) is 1.07. The van der Waals surface area contributed by atoms with Crippen LogP contribution in [0.5, 0.6) is 0 Å². The molecular formula is C8H17N5O6. The molecule has 0 rings (SSSR count). The molecule has 0 aromatic heterocycles. The van der Waals surface area contributed by atoms with E-state index in [1.165, 1.54) is 0 Å². The van der Waals surface area contributed by atoms with Crippen LogP contribution in [0.4, 0.5) is 0 Å². The molecule has 0 radical (unpaired) electrons. The van der Waals surface area contributed by atoms with E-state index in [0.717, 1.165) is 0 Å². The average molecular weight is 279 g/mol. The van der Waals surface area contributed by atoms with Crippen LogP contribution in [-0.4, -0.2) is 74.4 Å². The first-order chi connectivity index (χ1) is 8.67. The zero-order valence-corrected chi connectivity index (χ0v) is 9.79. The molecule has 0 bridgehead atoms. The molecule has 0 saturated carbocycles. The molecule has 0 fully saturated rings. The molecule has 0 aromatic carbocycles. The average Bonchev–Trinajstić information content (AvgIpc) is 2.34. The highest BCUT2D eigenvalue weighted by Gasteiger charge is 2.43. The largest absolute Gasteiger partial charge is 0.394 e. The second-order valence-electron chi connectivity index (χ2n) is 3.59. The third-order valence-electron chi connectivity index (χ3n) is 2.05. The van der Waals surface area contributed by atoms with Crippen molar-refractivity contribution < 1.29 is 30.3 Å². The van der Waals surface area contributed by atoms with Crippen molar-refractivity contribution in [3.8, 4) is 0 Å². The zero-order valence-electron chi connectivity index (χ0n) is 9.79. The van der Waals surface area contributed by atoms with E-state index in [9.17, 15) is 20.1 Å². The van der Waals surface area contributed by atoms with Gasteiger partial charge in [-0.25, -0.2) is 4.99 Å². The number of aliphatic hydroxyl groups is 5. The van der Waals surface area contributed by atoms with Gasteiger partial charge in [-0.1, -0.05) is 0 Å². The maximum atomic E-state index is 10.8. The molecular weight excluding hydrogens is 262 g/mol. The summed E-state index contributed by atoms with van der Waals surface area (Å²) in [6, 6.07) is 0. The Kier molecular flexibility index (Phi) is 6.31. The predicted octanol–water partition coefficient (Wildman–Crippen LogP) is -5.46. The van der Waals surface area contributed by atoms with Crippen LogP contribution in [0.2, 0.25) is 0 Å². The SMILES string of the molecule is NC(N)=NC(N)=N[C@](O)(C=O)[C@@H](O)[C@H](O)[C@H](O)CO. The van der Waals surface area contributed by atoms with Gasteiger partial charge in [-0.15, -0.1) is 0 Å². The molecule has 110 valence electrons. The quantitative estimate of drug-likeness (QED) is 0.132. The Hall–Kier alpha value is -1.79. The van der Waals surface area contributed by atoms with Gasteiger partial charge in [-0.05, 0) is 0 Å². The highest BCUT2D eigenvalue weighted by molar-refractivity contribution is 5.93. The Bertz CT molecular complexity index is 371. The van der Waals surface area contributed by atoms with Crippen molar-refractivity contribution in [2.75, 3.05) is 6.61 Å². The van der Waals surface area contributed by atoms with E-state index in [1.807, 2.05) is 0 Å². The summed E-state index contributed by atoms with van der Waals surface area (Å²) in [7, 11) is 0. The Labute approximate surface area is 107 Å². The van der Waals surface area contributed by atoms with E-state index in [0.29, 0.717) is 0 Å². The van der Waals surface area contributed by atoms with E-state index in [4.69, 9.17) is 27.4 Å². The number of hydrogen-bond donors (Lipinski definition) is 8. The van der Waals surface area contributed by atoms with Gasteiger partial charge in [0.25, 0.3) is 0 Å². The molecule has 0 amide bonds. The second kappa shape index (κ2) is 6.96. The van der Waals surface area contributed by atoms with Crippen molar-refractivity contribution in [3.63, 3.8) is 0 Å². The smallest absolute Gasteiger partial charge is 0.245 e. The van der Waals surface area contributed by atoms with Gasteiger partial charge in [0.2, 0.25) is 11.7 Å². The molecule has 19 heavy (non-hydrogen) atoms. The van der Waals surface area contributed by atoms with Crippen LogP contribution in [-0.2, 0) is 4.79 Å². The minimum Gasteiger partial charge on any atom is -0.394 e. The molecule has 0 heterocycles. The van der Waals surface area contributed by atoms with Gasteiger partial charge in [-0.2, -0.15) is 4.99 Å². The van der Waals surface area contributed by atoms with Gasteiger partial charge in [0.15, 0.2) is 12.2 Å². The fourth-order valence-electron chi connectivity index (χ4n) is 1.07. The molecule has 0 aliphatic rings. The van der Waals surface area contributed by atoms with Crippen molar-refractivity contribution in [2.24, 2.45) is 27.2 Å². The molecule has 4 atom stereocenters. The predicted molar refractivity (Wildman–Crippen MR) is 63.6 cm³/mol. The van der Waals surface area contributed by atoms with Crippen LogP contribution in [0.15, 0.2) is 9.98 Å². The molecule has 0 aromatic rings. The third-order valence-corrected chi connectivity index (χ3v) is 2.05. The molecule has 11 heteroatoms. The lowest BCUT2D eigenvalue weighted by Crippen LogP contribution is -2.54. The monoisotopic (exact) mass is 279 g/mol. The maximum absolute atomic E-state index is 10.8. The number of rotatable bonds is 6. The van der Waals surface area contributed by atoms with Gasteiger partial charge in [0, 0.05) is 0 Å². The summed E-state index contributed by atoms with van der Waals surface area (Å²) in [6.07, 6.45) is -6.36. The Morgan fingerprint density at radius 3 is 2.16 bits per heavy atom. The lowest BCUT2D eigenvalue weighted by Gasteiger charge is -2.29. The molecule has 0 aliphatic heterocycles. The van der Waals surface area contributed by atoms with Crippen molar-refractivity contribution in [2.45, 2.75) is 24.0 Å². The molecule has 11 N–H and O–H groups in total. The molecule has 0 unspecified atom stereocenters. The molecule has 0 spiro atoms. The first-order valence-corrected chi connectivity index (χ1v) is 4.96. The summed E-state index contributed by atoms with van der Waals surface area (Å²) in [5.41, 5.74) is 12.2. The van der Waals surface area contributed by atoms with Crippen molar-refractivity contribution in [1.82, 2.24) is 0 Å². The minimum absolute atomic E-state index is 0.236. The number of aldehydes is 1. The Morgan fingerprint density at radius 1 is 1.26 bits per heavy atom. The van der Waals surface area contributed by atoms with E-state index >= 15 is 0 Å². The van der Waals surface area contributed by atoms with Gasteiger partial charge < -0.3 is 42.7 Å². The topological polar surface area (TPSA) is 221 Å². The normalized spacial score (nSPS) is 19.9. The van der Waals surface area contributed by atoms with Crippen LogP contribution in [0.1, 0.15) is 0 Å². The standard InChI is InChI=1S/C8H17N5O6/c9-6(10)12-7(11)13-8(19,2-15)5(18)4(17)3(16)1-14/h2-5,14,16-19H,1H2,(H6,9,10,11,12,13)/t3-,4-,5+,8+/m1/s1. The van der Waals surface area contributed by atoms with Crippen molar-refractivity contribution in [1.29, 1.82) is 0 Å². The van der Waals surface area contributed by atoms with Crippen LogP contribution in [0, 0.1) is 0 Å². The summed E-state index contributed by atoms with van der Waals surface area (Å²) in [4.78, 5) is 17.1. The second-order valence-corrected chi connectivity index (χ2v) is 3.59. The zero-order chi connectivity index (χ0) is 15.2. The minimum atomic E-state index is -2.89. The van der Waals surface area contributed by atoms with Gasteiger partial charge in [-0.3, -0.25) is 4.79 Å². The fraction of sp³-hybridized carbons (Fsp3) is 0.625. The Morgan fingerprint density at radius 2 is 1.79 bits per heavy atom. The van der Waals surface area contributed by atoms with Gasteiger partial charge in [0.1, 0.15) is 18.3 Å². The van der Waals surface area contributed by atoms with Gasteiger partial charge >= 0.3 is 0 Å². The number of aliphatic hydroxyl groups excluding tert-OH is 4. The highest BCUT2D eigenvalue weighted by atomic mass is 16.4. The van der Waals surface area contributed by atoms with Crippen molar-refractivity contribution in [3.05, 3.63) is 0 Å². The Balaban J connectivity index is 5.26. The maximum Gasteiger partial charge on any atom is 0.245 e. The van der Waals surface area contributed by atoms with Crippen LogP contribution in [0.3, 0.4) is 0 Å². The highest BCUT2D eigenvalue weighted by Crippen LogP contribution is 2.16. The lowest BCUT2D eigenvalue weighted by atomic mass is 9.99. The molecule has 11 nitrogen and oxygen atoms in total. The number of nitrogens with two attached hydrogens (primary N) is 3. The van der Waals surface area contributed by atoms with Crippen LogP contribution in [0.25, 0.3) is 0 Å². The number of carbonyl (C=O) groups excluding carboxylic acids is 1. The van der Waals surface area contributed by atoms with E-state index in [1.54, 1.807) is 0 Å². The van der Waals surface area contributed by atoms with Crippen molar-refractivity contribution >= 4 is 18.2 Å². The molecule has 0 aliphatic carbocycles. The number of guanidine groups is 2. The molecule has 0 saturated heterocycles. The number of aliphatic imine (C=N–C) groups is 2. The van der Waals surface area contributed by atoms with Crippen LogP contribution < -0.4 is 17.2 Å². The summed E-state index contributed by atoms with van der Waals surface area (Å²) in [5.74, 6) is -1.25. The van der Waals surface area contributed by atoms with E-state index in [-0.39, 0.29) is 6.29 Å². The van der Waals surface area contributed by atoms with Crippen LogP contribution >= 0.6 is 0 Å². The number of nitrogens with zero attached hydrogens (tertiary/aromatic N) is 2. The summed E-state index contributed by atoms with van der Waals surface area (Å²) < 4.78 is 0. The number of carbonyl (C=O) groups is 1. The summed E-state index contributed by atoms with van der Waals surface area (Å²) in [6.45, 7) is -0.916. The van der Waals surface area contributed by atoms with Gasteiger partial charge in [0.05, 0.1) is 6.61 Å².